The normalized spacial score (nSPS) is 39.2. The van der Waals surface area contributed by atoms with E-state index in [0.717, 1.165) is 25.7 Å². The van der Waals surface area contributed by atoms with E-state index in [0.29, 0.717) is 5.92 Å². The van der Waals surface area contributed by atoms with Gasteiger partial charge in [-0.15, -0.1) is 0 Å². The Morgan fingerprint density at radius 3 is 3.07 bits per heavy atom. The average molecular weight is 195 g/mol. The van der Waals surface area contributed by atoms with E-state index in [1.807, 2.05) is 0 Å². The summed E-state index contributed by atoms with van der Waals surface area (Å²) in [5.74, 6) is 0.347. The monoisotopic (exact) mass is 195 g/mol. The topological polar surface area (TPSA) is 75.1 Å². The molecule has 5 nitrogen and oxygen atoms in total. The van der Waals surface area contributed by atoms with Crippen molar-refractivity contribution in [2.24, 2.45) is 16.4 Å². The van der Waals surface area contributed by atoms with Crippen LogP contribution in [0.4, 0.5) is 0 Å². The fourth-order valence-corrected chi connectivity index (χ4v) is 2.97. The summed E-state index contributed by atoms with van der Waals surface area (Å²) in [5.41, 5.74) is 7.94. The highest BCUT2D eigenvalue weighted by Crippen LogP contribution is 2.56. The van der Waals surface area contributed by atoms with Crippen LogP contribution < -0.4 is 0 Å². The summed E-state index contributed by atoms with van der Waals surface area (Å²) < 4.78 is 4.81. The van der Waals surface area contributed by atoms with Gasteiger partial charge in [0.2, 0.25) is 0 Å². The van der Waals surface area contributed by atoms with Gasteiger partial charge in [-0.1, -0.05) is 5.11 Å². The Morgan fingerprint density at radius 2 is 2.50 bits per heavy atom. The van der Waals surface area contributed by atoms with Gasteiger partial charge in [-0.05, 0) is 37.1 Å². The Morgan fingerprint density at radius 1 is 1.71 bits per heavy atom. The number of hydrogen-bond donors (Lipinski definition) is 0. The number of methoxy groups -OCH3 is 1. The standard InChI is InChI=1S/C9H13N3O2/c1-14-8(13)9-3-2-6(5-9)4-7(9)11-12-10/h6-7H,2-5H2,1H3. The van der Waals surface area contributed by atoms with E-state index in [1.165, 1.54) is 7.11 Å². The van der Waals surface area contributed by atoms with Gasteiger partial charge in [0.25, 0.3) is 0 Å². The maximum absolute atomic E-state index is 11.7. The molecule has 2 aliphatic carbocycles. The smallest absolute Gasteiger partial charge is 0.312 e. The Balaban J connectivity index is 2.29. The minimum Gasteiger partial charge on any atom is -0.469 e. The molecule has 0 radical (unpaired) electrons. The van der Waals surface area contributed by atoms with Gasteiger partial charge in [-0.2, -0.15) is 0 Å². The summed E-state index contributed by atoms with van der Waals surface area (Å²) >= 11 is 0. The Kier molecular flexibility index (Phi) is 2.11. The molecule has 5 heteroatoms. The van der Waals surface area contributed by atoms with Gasteiger partial charge in [0.15, 0.2) is 0 Å². The molecular formula is C9H13N3O2. The van der Waals surface area contributed by atoms with Crippen LogP contribution in [-0.4, -0.2) is 19.1 Å². The third-order valence-corrected chi connectivity index (χ3v) is 3.63. The molecule has 0 aromatic heterocycles. The number of azide groups is 1. The lowest BCUT2D eigenvalue weighted by atomic mass is 9.80. The van der Waals surface area contributed by atoms with Crippen LogP contribution in [0.15, 0.2) is 5.11 Å². The maximum Gasteiger partial charge on any atom is 0.312 e. The summed E-state index contributed by atoms with van der Waals surface area (Å²) in [7, 11) is 1.40. The first-order valence-electron chi connectivity index (χ1n) is 4.85. The van der Waals surface area contributed by atoms with E-state index < -0.39 is 5.41 Å². The average Bonchev–Trinajstić information content (AvgIpc) is 2.75. The molecule has 0 aromatic carbocycles. The summed E-state index contributed by atoms with van der Waals surface area (Å²) in [6.45, 7) is 0. The predicted octanol–water partition coefficient (Wildman–Crippen LogP) is 2.03. The molecule has 0 saturated heterocycles. The van der Waals surface area contributed by atoms with Crippen molar-refractivity contribution in [1.29, 1.82) is 0 Å². The Labute approximate surface area is 82.1 Å². The zero-order valence-corrected chi connectivity index (χ0v) is 8.14. The van der Waals surface area contributed by atoms with E-state index >= 15 is 0 Å². The highest BCUT2D eigenvalue weighted by Gasteiger charge is 2.57. The van der Waals surface area contributed by atoms with Gasteiger partial charge in [0.1, 0.15) is 0 Å². The van der Waals surface area contributed by atoms with Crippen molar-refractivity contribution in [2.75, 3.05) is 7.11 Å². The highest BCUT2D eigenvalue weighted by atomic mass is 16.5. The quantitative estimate of drug-likeness (QED) is 0.292. The molecule has 0 N–H and O–H groups in total. The van der Waals surface area contributed by atoms with Gasteiger partial charge in [-0.3, -0.25) is 4.79 Å². The number of esters is 1. The molecule has 2 fully saturated rings. The van der Waals surface area contributed by atoms with Crippen LogP contribution in [0.25, 0.3) is 10.4 Å². The second-order valence-corrected chi connectivity index (χ2v) is 4.21. The number of fused-ring (bicyclic) bond motifs is 2. The lowest BCUT2D eigenvalue weighted by Gasteiger charge is -2.28. The van der Waals surface area contributed by atoms with Crippen molar-refractivity contribution in [3.05, 3.63) is 10.4 Å². The second kappa shape index (κ2) is 3.17. The van der Waals surface area contributed by atoms with Crippen LogP contribution in [-0.2, 0) is 9.53 Å². The number of carbonyl (C=O) groups is 1. The van der Waals surface area contributed by atoms with Crippen LogP contribution in [0, 0.1) is 11.3 Å². The van der Waals surface area contributed by atoms with Crippen molar-refractivity contribution < 1.29 is 9.53 Å². The zero-order valence-electron chi connectivity index (χ0n) is 8.14. The molecular weight excluding hydrogens is 182 g/mol. The van der Waals surface area contributed by atoms with Crippen LogP contribution in [0.5, 0.6) is 0 Å². The molecule has 0 aliphatic heterocycles. The van der Waals surface area contributed by atoms with Gasteiger partial charge in [0, 0.05) is 4.91 Å². The van der Waals surface area contributed by atoms with E-state index in [9.17, 15) is 4.79 Å². The second-order valence-electron chi connectivity index (χ2n) is 4.21. The third-order valence-electron chi connectivity index (χ3n) is 3.63. The molecule has 3 unspecified atom stereocenters. The van der Waals surface area contributed by atoms with Crippen LogP contribution in [0.3, 0.4) is 0 Å². The Hall–Kier alpha value is -1.22. The fourth-order valence-electron chi connectivity index (χ4n) is 2.97. The van der Waals surface area contributed by atoms with Crippen LogP contribution in [0.1, 0.15) is 25.7 Å². The molecule has 0 aromatic rings. The molecule has 0 amide bonds. The minimum absolute atomic E-state index is 0.182. The van der Waals surface area contributed by atoms with Crippen molar-refractivity contribution in [3.8, 4) is 0 Å². The van der Waals surface area contributed by atoms with E-state index in [2.05, 4.69) is 10.0 Å². The largest absolute Gasteiger partial charge is 0.469 e. The molecule has 2 saturated carbocycles. The van der Waals surface area contributed by atoms with Gasteiger partial charge < -0.3 is 4.74 Å². The van der Waals surface area contributed by atoms with Crippen molar-refractivity contribution >= 4 is 5.97 Å². The molecule has 76 valence electrons. The predicted molar refractivity (Wildman–Crippen MR) is 49.3 cm³/mol. The van der Waals surface area contributed by atoms with Crippen LogP contribution >= 0.6 is 0 Å². The van der Waals surface area contributed by atoms with Crippen LogP contribution in [0.2, 0.25) is 0 Å². The molecule has 2 aliphatic rings. The molecule has 2 bridgehead atoms. The highest BCUT2D eigenvalue weighted by molar-refractivity contribution is 5.79. The van der Waals surface area contributed by atoms with E-state index in [4.69, 9.17) is 10.3 Å². The molecule has 2 rings (SSSR count). The molecule has 14 heavy (non-hydrogen) atoms. The zero-order chi connectivity index (χ0) is 10.2. The number of hydrogen-bond acceptors (Lipinski definition) is 3. The first-order valence-corrected chi connectivity index (χ1v) is 4.85. The molecule has 0 spiro atoms. The van der Waals surface area contributed by atoms with Crippen molar-refractivity contribution in [2.45, 2.75) is 31.7 Å². The number of nitrogens with zero attached hydrogens (tertiary/aromatic N) is 3. The number of carbonyl (C=O) groups excluding carboxylic acids is 1. The lowest BCUT2D eigenvalue weighted by Crippen LogP contribution is -2.37. The number of ether oxygens (including phenoxy) is 1. The lowest BCUT2D eigenvalue weighted by molar-refractivity contribution is -0.153. The van der Waals surface area contributed by atoms with Crippen molar-refractivity contribution in [1.82, 2.24) is 0 Å². The fraction of sp³-hybridized carbons (Fsp3) is 0.889. The third kappa shape index (κ3) is 1.09. The number of rotatable bonds is 2. The van der Waals surface area contributed by atoms with Gasteiger partial charge >= 0.3 is 5.97 Å². The van der Waals surface area contributed by atoms with Gasteiger partial charge in [-0.25, -0.2) is 0 Å². The van der Waals surface area contributed by atoms with E-state index in [-0.39, 0.29) is 12.0 Å². The minimum atomic E-state index is -0.494. The first-order chi connectivity index (χ1) is 6.73. The SMILES string of the molecule is COC(=O)C12CCC(CC1N=[N+]=[N-])C2. The maximum atomic E-state index is 11.7. The molecule has 0 heterocycles. The van der Waals surface area contributed by atoms with Crippen molar-refractivity contribution in [3.63, 3.8) is 0 Å². The van der Waals surface area contributed by atoms with E-state index in [1.54, 1.807) is 0 Å². The first kappa shape index (κ1) is 9.34. The Bertz CT molecular complexity index is 311. The summed E-state index contributed by atoms with van der Waals surface area (Å²) in [6.07, 6.45) is 3.56. The van der Waals surface area contributed by atoms with Gasteiger partial charge in [0.05, 0.1) is 18.6 Å². The summed E-state index contributed by atoms with van der Waals surface area (Å²) in [5, 5.41) is 3.73. The molecule has 3 atom stereocenters. The summed E-state index contributed by atoms with van der Waals surface area (Å²) in [4.78, 5) is 14.5. The summed E-state index contributed by atoms with van der Waals surface area (Å²) in [6, 6.07) is -0.182.